The number of anilines is 1. The number of benzene rings is 1. The van der Waals surface area contributed by atoms with Crippen LogP contribution >= 0.6 is 45.8 Å². The van der Waals surface area contributed by atoms with Crippen LogP contribution in [0.1, 0.15) is 39.0 Å². The molecule has 35 heavy (non-hydrogen) atoms. The molecule has 3 atom stereocenters. The van der Waals surface area contributed by atoms with Crippen molar-refractivity contribution in [3.05, 3.63) is 27.2 Å². The third-order valence-corrected chi connectivity index (χ3v) is 11.0. The lowest BCUT2D eigenvalue weighted by molar-refractivity contribution is -0.147. The number of halogens is 3. The number of primary amides is 1. The van der Waals surface area contributed by atoms with Crippen LogP contribution in [0.3, 0.4) is 0 Å². The van der Waals surface area contributed by atoms with Gasteiger partial charge in [-0.25, -0.2) is 0 Å². The summed E-state index contributed by atoms with van der Waals surface area (Å²) in [6.45, 7) is 2.43. The molecule has 0 radical (unpaired) electrons. The maximum atomic E-state index is 13.2. The maximum Gasteiger partial charge on any atom is 0.236 e. The highest BCUT2D eigenvalue weighted by molar-refractivity contribution is 8.23. The lowest BCUT2D eigenvalue weighted by Gasteiger charge is -2.59. The molecular formula is C23H31Cl3N4O4S. The molecule has 1 aliphatic heterocycles. The predicted octanol–water partition coefficient (Wildman–Crippen LogP) is 4.78. The van der Waals surface area contributed by atoms with Gasteiger partial charge in [-0.3, -0.25) is 23.0 Å². The van der Waals surface area contributed by atoms with Crippen molar-refractivity contribution in [1.82, 2.24) is 9.62 Å². The van der Waals surface area contributed by atoms with Crippen molar-refractivity contribution in [1.29, 1.82) is 0 Å². The minimum absolute atomic E-state index is 0.0159. The van der Waals surface area contributed by atoms with E-state index in [0.717, 1.165) is 32.1 Å². The van der Waals surface area contributed by atoms with E-state index >= 15 is 0 Å². The Balaban J connectivity index is 1.31. The molecule has 4 saturated carbocycles. The molecule has 194 valence electrons. The summed E-state index contributed by atoms with van der Waals surface area (Å²) in [5.74, 6) is 0.478. The van der Waals surface area contributed by atoms with Crippen molar-refractivity contribution in [2.75, 3.05) is 23.9 Å². The van der Waals surface area contributed by atoms with Crippen LogP contribution in [0.5, 0.6) is 0 Å². The van der Waals surface area contributed by atoms with Crippen LogP contribution in [-0.4, -0.2) is 50.9 Å². The van der Waals surface area contributed by atoms with Crippen LogP contribution in [0.4, 0.5) is 5.69 Å². The average molecular weight is 566 g/mol. The molecule has 5 fully saturated rings. The fraction of sp³-hybridized carbons (Fsp3) is 0.652. The lowest BCUT2D eigenvalue weighted by Crippen LogP contribution is -2.63. The summed E-state index contributed by atoms with van der Waals surface area (Å²) in [5.41, 5.74) is 5.64. The zero-order chi connectivity index (χ0) is 25.3. The third-order valence-electron chi connectivity index (χ3n) is 8.31. The van der Waals surface area contributed by atoms with E-state index in [1.54, 1.807) is 0 Å². The summed E-state index contributed by atoms with van der Waals surface area (Å²) in [6.07, 6.45) is 4.30. The maximum absolute atomic E-state index is 13.2. The van der Waals surface area contributed by atoms with Crippen LogP contribution in [0.25, 0.3) is 0 Å². The van der Waals surface area contributed by atoms with Gasteiger partial charge in [0.05, 0.1) is 22.3 Å². The van der Waals surface area contributed by atoms with E-state index in [4.69, 9.17) is 40.5 Å². The Hall–Kier alpha value is -0.940. The number of carbonyl (C=O) groups is 2. The molecule has 2 amide bonds. The van der Waals surface area contributed by atoms with E-state index in [0.29, 0.717) is 24.0 Å². The van der Waals surface area contributed by atoms with Crippen molar-refractivity contribution in [2.45, 2.75) is 45.1 Å². The number of hydrogen-bond donors (Lipinski definition) is 4. The molecule has 0 aromatic heterocycles. The molecule has 1 aromatic carbocycles. The van der Waals surface area contributed by atoms with Crippen LogP contribution in [0, 0.1) is 29.1 Å². The third kappa shape index (κ3) is 4.51. The summed E-state index contributed by atoms with van der Waals surface area (Å²) in [4.78, 5) is 25.4. The van der Waals surface area contributed by atoms with Gasteiger partial charge in [0.1, 0.15) is 0 Å². The smallest absolute Gasteiger partial charge is 0.236 e. The normalized spacial score (nSPS) is 36.7. The number of amides is 2. The van der Waals surface area contributed by atoms with Gasteiger partial charge in [0.25, 0.3) is 0 Å². The summed E-state index contributed by atoms with van der Waals surface area (Å²) in [6, 6.07) is 2.98. The molecule has 4 aliphatic carbocycles. The van der Waals surface area contributed by atoms with Crippen molar-refractivity contribution in [2.24, 2.45) is 34.8 Å². The van der Waals surface area contributed by atoms with Crippen molar-refractivity contribution >= 4 is 63.3 Å². The molecule has 8 nitrogen and oxygen atoms in total. The quantitative estimate of drug-likeness (QED) is 0.408. The Kier molecular flexibility index (Phi) is 6.69. The van der Waals surface area contributed by atoms with E-state index in [1.165, 1.54) is 20.7 Å². The van der Waals surface area contributed by atoms with Crippen molar-refractivity contribution < 1.29 is 18.7 Å². The first kappa shape index (κ1) is 25.7. The Morgan fingerprint density at radius 2 is 1.71 bits per heavy atom. The first-order chi connectivity index (χ1) is 16.4. The standard InChI is InChI=1S/C23H31Cl3N4O4S/c1-12-9-29(35(33,34)30(10-12)21-17(25)4-16(24)5-18(21)26)11-19(31)28-20-14-2-13-3-15(20)8-23(6-13,7-14)22(27)32/h4-5,12-15,20,33-34H,2-3,6-11H2,1H3,(H2,27,32)(H,28,31)/t12-,13?,14?,15?,20?,23?/m0/s1. The molecule has 1 aromatic rings. The van der Waals surface area contributed by atoms with Crippen LogP contribution in [0.2, 0.25) is 15.1 Å². The number of nitrogens with one attached hydrogen (secondary N) is 1. The van der Waals surface area contributed by atoms with Crippen LogP contribution < -0.4 is 15.4 Å². The van der Waals surface area contributed by atoms with E-state index < -0.39 is 16.4 Å². The molecule has 1 heterocycles. The van der Waals surface area contributed by atoms with Gasteiger partial charge in [0.2, 0.25) is 11.8 Å². The molecule has 1 saturated heterocycles. The summed E-state index contributed by atoms with van der Waals surface area (Å²) >= 11 is 18.8. The van der Waals surface area contributed by atoms with Gasteiger partial charge in [-0.05, 0) is 78.9 Å². The number of rotatable bonds is 5. The zero-order valence-corrected chi connectivity index (χ0v) is 22.5. The average Bonchev–Trinajstić information content (AvgIpc) is 2.73. The molecule has 2 unspecified atom stereocenters. The first-order valence-corrected chi connectivity index (χ1v) is 14.5. The van der Waals surface area contributed by atoms with Gasteiger partial charge in [-0.2, -0.15) is 4.31 Å². The van der Waals surface area contributed by atoms with Crippen LogP contribution in [-0.2, 0) is 9.59 Å². The minimum Gasteiger partial charge on any atom is -0.369 e. The molecular weight excluding hydrogens is 535 g/mol. The van der Waals surface area contributed by atoms with Crippen LogP contribution in [0.15, 0.2) is 12.1 Å². The summed E-state index contributed by atoms with van der Waals surface area (Å²) < 4.78 is 25.3. The van der Waals surface area contributed by atoms with E-state index in [2.05, 4.69) is 5.32 Å². The predicted molar refractivity (Wildman–Crippen MR) is 140 cm³/mol. The Morgan fingerprint density at radius 3 is 2.29 bits per heavy atom. The number of nitrogens with zero attached hydrogens (tertiary/aromatic N) is 2. The zero-order valence-electron chi connectivity index (χ0n) is 19.4. The summed E-state index contributed by atoms with van der Waals surface area (Å²) in [7, 11) is -3.55. The van der Waals surface area contributed by atoms with Gasteiger partial charge in [-0.1, -0.05) is 41.7 Å². The molecule has 12 heteroatoms. The summed E-state index contributed by atoms with van der Waals surface area (Å²) in [5, 5.41) is 3.93. The van der Waals surface area contributed by atoms with Gasteiger partial charge >= 0.3 is 0 Å². The van der Waals surface area contributed by atoms with E-state index in [9.17, 15) is 18.7 Å². The Morgan fingerprint density at radius 1 is 1.11 bits per heavy atom. The second kappa shape index (κ2) is 9.11. The number of nitrogens with two attached hydrogens (primary N) is 1. The van der Waals surface area contributed by atoms with Gasteiger partial charge in [0.15, 0.2) is 0 Å². The molecule has 5 aliphatic rings. The highest BCUT2D eigenvalue weighted by Gasteiger charge is 2.58. The SMILES string of the molecule is C[C@H]1CN(CC(=O)NC2C3CC4CC2CC(C(N)=O)(C4)C3)S(O)(O)N(c2c(Cl)cc(Cl)cc2Cl)C1. The van der Waals surface area contributed by atoms with Gasteiger partial charge in [-0.15, -0.1) is 0 Å². The molecule has 4 bridgehead atoms. The molecule has 5 N–H and O–H groups in total. The van der Waals surface area contributed by atoms with E-state index in [-0.39, 0.29) is 57.9 Å². The van der Waals surface area contributed by atoms with Gasteiger partial charge < -0.3 is 11.1 Å². The second-order valence-corrected chi connectivity index (χ2v) is 14.1. The topological polar surface area (TPSA) is 119 Å². The number of carbonyl (C=O) groups excluding carboxylic acids is 2. The Bertz CT molecular complexity index is 1020. The monoisotopic (exact) mass is 564 g/mol. The second-order valence-electron chi connectivity index (χ2n) is 10.9. The highest BCUT2D eigenvalue weighted by Crippen LogP contribution is 2.60. The Labute approximate surface area is 222 Å². The largest absolute Gasteiger partial charge is 0.369 e. The van der Waals surface area contributed by atoms with E-state index in [1.807, 2.05) is 6.92 Å². The highest BCUT2D eigenvalue weighted by atomic mass is 35.5. The van der Waals surface area contributed by atoms with Crippen molar-refractivity contribution in [3.63, 3.8) is 0 Å². The lowest BCUT2D eigenvalue weighted by atomic mass is 9.47. The van der Waals surface area contributed by atoms with Crippen molar-refractivity contribution in [3.8, 4) is 0 Å². The minimum atomic E-state index is -3.55. The molecule has 6 rings (SSSR count). The fourth-order valence-corrected chi connectivity index (χ4v) is 10.2. The first-order valence-electron chi connectivity index (χ1n) is 11.9. The number of hydrogen-bond acceptors (Lipinski definition) is 6. The molecule has 0 spiro atoms. The van der Waals surface area contributed by atoms with Gasteiger partial charge in [0, 0.05) is 29.6 Å². The fourth-order valence-electron chi connectivity index (χ4n) is 7.12.